The Morgan fingerprint density at radius 1 is 0.958 bits per heavy atom. The lowest BCUT2D eigenvalue weighted by atomic mass is 9.89. The van der Waals surface area contributed by atoms with E-state index in [2.05, 4.69) is 4.90 Å². The first kappa shape index (κ1) is 33.4. The van der Waals surface area contributed by atoms with Gasteiger partial charge in [-0.05, 0) is 85.0 Å². The molecule has 1 atom stereocenters. The number of rotatable bonds is 11. The van der Waals surface area contributed by atoms with Gasteiger partial charge in [0.05, 0.1) is 17.6 Å². The van der Waals surface area contributed by atoms with E-state index in [4.69, 9.17) is 14.2 Å². The topological polar surface area (TPSA) is 94.4 Å². The van der Waals surface area contributed by atoms with Crippen LogP contribution in [0.15, 0.2) is 66.7 Å². The molecule has 0 aromatic heterocycles. The number of hydrogen-bond donors (Lipinski definition) is 0. The smallest absolute Gasteiger partial charge is 0.416 e. The summed E-state index contributed by atoms with van der Waals surface area (Å²) < 4.78 is 55.3. The van der Waals surface area contributed by atoms with Crippen molar-refractivity contribution in [1.29, 1.82) is 0 Å². The van der Waals surface area contributed by atoms with Gasteiger partial charge in [-0.2, -0.15) is 13.2 Å². The molecule has 3 aromatic rings. The summed E-state index contributed by atoms with van der Waals surface area (Å²) in [4.78, 5) is 28.0. The van der Waals surface area contributed by atoms with Crippen LogP contribution in [0.4, 0.5) is 24.5 Å². The third-order valence-electron chi connectivity index (χ3n) is 10.2. The van der Waals surface area contributed by atoms with Crippen molar-refractivity contribution < 1.29 is 37.1 Å². The number of carbonyl (C=O) groups excluding carboxylic acids is 1. The van der Waals surface area contributed by atoms with Gasteiger partial charge in [0.1, 0.15) is 24.2 Å². The summed E-state index contributed by atoms with van der Waals surface area (Å²) in [5, 5.41) is 11.1. The van der Waals surface area contributed by atoms with E-state index in [1.54, 1.807) is 6.07 Å². The summed E-state index contributed by atoms with van der Waals surface area (Å²) in [6.07, 6.45) is 1.88. The van der Waals surface area contributed by atoms with Crippen LogP contribution in [0, 0.1) is 21.4 Å². The highest BCUT2D eigenvalue weighted by atomic mass is 19.4. The molecule has 6 rings (SSSR count). The lowest BCUT2D eigenvalue weighted by molar-refractivity contribution is -0.385. The van der Waals surface area contributed by atoms with Crippen molar-refractivity contribution in [1.82, 2.24) is 4.90 Å². The van der Waals surface area contributed by atoms with E-state index in [0.29, 0.717) is 60.7 Å². The van der Waals surface area contributed by atoms with Crippen molar-refractivity contribution in [2.75, 3.05) is 38.2 Å². The van der Waals surface area contributed by atoms with Gasteiger partial charge in [-0.15, -0.1) is 0 Å². The minimum absolute atomic E-state index is 0.0615. The zero-order valence-electron chi connectivity index (χ0n) is 26.9. The Kier molecular flexibility index (Phi) is 9.70. The molecule has 9 nitrogen and oxygen atoms in total. The van der Waals surface area contributed by atoms with Gasteiger partial charge in [-0.1, -0.05) is 12.1 Å². The SMILES string of the molecule is COc1cc(OC2CCN(C(=O)CCC3CC34CCN(c3ccc(OCc5ccc(C(F)(F)F)cc5)cc3)CC4)CC2)ccc1[N+](=O)[O-]. The van der Waals surface area contributed by atoms with Crippen LogP contribution in [-0.2, 0) is 17.6 Å². The van der Waals surface area contributed by atoms with E-state index >= 15 is 0 Å². The maximum absolute atomic E-state index is 13.0. The summed E-state index contributed by atoms with van der Waals surface area (Å²) in [6, 6.07) is 17.4. The van der Waals surface area contributed by atoms with E-state index in [1.165, 1.54) is 37.8 Å². The van der Waals surface area contributed by atoms with Gasteiger partial charge >= 0.3 is 11.9 Å². The highest BCUT2D eigenvalue weighted by Crippen LogP contribution is 2.61. The Morgan fingerprint density at radius 3 is 2.25 bits per heavy atom. The maximum Gasteiger partial charge on any atom is 0.416 e. The molecule has 1 aliphatic carbocycles. The fourth-order valence-corrected chi connectivity index (χ4v) is 7.13. The number of nitrogens with zero attached hydrogens (tertiary/aromatic N) is 3. The molecular formula is C36H40F3N3O6. The molecular weight excluding hydrogens is 627 g/mol. The highest BCUT2D eigenvalue weighted by Gasteiger charge is 2.54. The van der Waals surface area contributed by atoms with Gasteiger partial charge in [0.25, 0.3) is 0 Å². The second-order valence-corrected chi connectivity index (χ2v) is 13.1. The average Bonchev–Trinajstić information content (AvgIpc) is 3.77. The van der Waals surface area contributed by atoms with Gasteiger partial charge < -0.3 is 24.0 Å². The largest absolute Gasteiger partial charge is 0.490 e. The highest BCUT2D eigenvalue weighted by molar-refractivity contribution is 5.76. The molecule has 48 heavy (non-hydrogen) atoms. The predicted octanol–water partition coefficient (Wildman–Crippen LogP) is 7.66. The van der Waals surface area contributed by atoms with Crippen molar-refractivity contribution >= 4 is 17.3 Å². The van der Waals surface area contributed by atoms with Crippen LogP contribution in [0.2, 0.25) is 0 Å². The number of carbonyl (C=O) groups is 1. The van der Waals surface area contributed by atoms with Crippen LogP contribution in [0.1, 0.15) is 56.1 Å². The Hall–Kier alpha value is -4.48. The van der Waals surface area contributed by atoms with Gasteiger partial charge in [-0.3, -0.25) is 14.9 Å². The molecule has 2 heterocycles. The van der Waals surface area contributed by atoms with Crippen LogP contribution in [0.5, 0.6) is 17.2 Å². The second kappa shape index (κ2) is 13.9. The van der Waals surface area contributed by atoms with Crippen molar-refractivity contribution in [2.24, 2.45) is 11.3 Å². The van der Waals surface area contributed by atoms with Gasteiger partial charge in [-0.25, -0.2) is 0 Å². The van der Waals surface area contributed by atoms with Crippen molar-refractivity contribution in [3.8, 4) is 17.2 Å². The van der Waals surface area contributed by atoms with Gasteiger partial charge in [0.15, 0.2) is 0 Å². The van der Waals surface area contributed by atoms with Crippen molar-refractivity contribution in [2.45, 2.75) is 63.8 Å². The first-order valence-electron chi connectivity index (χ1n) is 16.4. The summed E-state index contributed by atoms with van der Waals surface area (Å²) in [7, 11) is 1.39. The Bertz CT molecular complexity index is 1580. The number of nitro groups is 1. The number of halogens is 3. The predicted molar refractivity (Wildman–Crippen MR) is 173 cm³/mol. The molecule has 2 aliphatic heterocycles. The van der Waals surface area contributed by atoms with E-state index in [0.717, 1.165) is 50.2 Å². The fourth-order valence-electron chi connectivity index (χ4n) is 7.13. The first-order chi connectivity index (χ1) is 23.0. The normalized spacial score (nSPS) is 19.2. The molecule has 1 unspecified atom stereocenters. The van der Waals surface area contributed by atoms with E-state index in [-0.39, 0.29) is 30.1 Å². The summed E-state index contributed by atoms with van der Waals surface area (Å²) in [5.41, 5.74) is 1.36. The quantitative estimate of drug-likeness (QED) is 0.153. The number of amides is 1. The average molecular weight is 668 g/mol. The van der Waals surface area contributed by atoms with Crippen LogP contribution in [0.3, 0.4) is 0 Å². The summed E-state index contributed by atoms with van der Waals surface area (Å²) >= 11 is 0. The lowest BCUT2D eigenvalue weighted by Crippen LogP contribution is -2.41. The number of methoxy groups -OCH3 is 1. The number of hydrogen-bond acceptors (Lipinski definition) is 7. The van der Waals surface area contributed by atoms with E-state index in [1.807, 2.05) is 29.2 Å². The maximum atomic E-state index is 13.0. The molecule has 3 fully saturated rings. The number of likely N-dealkylation sites (tertiary alicyclic amines) is 1. The second-order valence-electron chi connectivity index (χ2n) is 13.1. The fraction of sp³-hybridized carbons (Fsp3) is 0.472. The third-order valence-corrected chi connectivity index (χ3v) is 10.2. The van der Waals surface area contributed by atoms with E-state index in [9.17, 15) is 28.1 Å². The van der Waals surface area contributed by atoms with E-state index < -0.39 is 16.7 Å². The minimum atomic E-state index is -4.35. The minimum Gasteiger partial charge on any atom is -0.490 e. The number of nitro benzene ring substituents is 1. The summed E-state index contributed by atoms with van der Waals surface area (Å²) in [5.74, 6) is 2.13. The van der Waals surface area contributed by atoms with Gasteiger partial charge in [0, 0.05) is 63.3 Å². The third kappa shape index (κ3) is 7.79. The number of anilines is 1. The van der Waals surface area contributed by atoms with Crippen molar-refractivity contribution in [3.05, 3.63) is 88.0 Å². The van der Waals surface area contributed by atoms with Crippen LogP contribution < -0.4 is 19.1 Å². The number of piperidine rings is 2. The van der Waals surface area contributed by atoms with Crippen molar-refractivity contribution in [3.63, 3.8) is 0 Å². The summed E-state index contributed by atoms with van der Waals surface area (Å²) in [6.45, 7) is 3.39. The zero-order valence-corrected chi connectivity index (χ0v) is 26.9. The van der Waals surface area contributed by atoms with Crippen LogP contribution in [0.25, 0.3) is 0 Å². The first-order valence-corrected chi connectivity index (χ1v) is 16.4. The molecule has 0 radical (unpaired) electrons. The Morgan fingerprint density at radius 2 is 1.62 bits per heavy atom. The Balaban J connectivity index is 0.888. The molecule has 2 saturated heterocycles. The zero-order chi connectivity index (χ0) is 33.9. The van der Waals surface area contributed by atoms with Crippen LogP contribution >= 0.6 is 0 Å². The van der Waals surface area contributed by atoms with Crippen LogP contribution in [-0.4, -0.2) is 55.1 Å². The standard InChI is InChI=1S/C36H40F3N3O6/c1-46-33-22-31(11-12-32(33)42(44)45)48-30-14-18-41(19-15-30)34(43)13-6-27-23-35(27)16-20-40(21-17-35)28-7-9-29(10-8-28)47-24-25-2-4-26(5-3-25)36(37,38)39/h2-5,7-12,22,27,30H,6,13-21,23-24H2,1H3. The molecule has 0 N–H and O–H groups in total. The molecule has 256 valence electrons. The number of benzene rings is 3. The molecule has 3 aliphatic rings. The molecule has 0 bridgehead atoms. The molecule has 3 aromatic carbocycles. The Labute approximate surface area is 277 Å². The number of alkyl halides is 3. The lowest BCUT2D eigenvalue weighted by Gasteiger charge is -2.35. The molecule has 1 amide bonds. The molecule has 1 saturated carbocycles. The molecule has 1 spiro atoms. The monoisotopic (exact) mass is 667 g/mol. The number of ether oxygens (including phenoxy) is 3. The molecule has 12 heteroatoms. The van der Waals surface area contributed by atoms with Gasteiger partial charge in [0.2, 0.25) is 11.7 Å².